The molecule has 22 heavy (non-hydrogen) atoms. The molecule has 1 aliphatic carbocycles. The lowest BCUT2D eigenvalue weighted by Crippen LogP contribution is -2.27. The number of carbonyl (C=O) groups is 1. The van der Waals surface area contributed by atoms with Crippen LogP contribution >= 0.6 is 0 Å². The number of anilines is 1. The van der Waals surface area contributed by atoms with E-state index in [4.69, 9.17) is 9.47 Å². The summed E-state index contributed by atoms with van der Waals surface area (Å²) in [4.78, 5) is 12.6. The van der Waals surface area contributed by atoms with Crippen molar-refractivity contribution in [1.29, 1.82) is 0 Å². The van der Waals surface area contributed by atoms with Gasteiger partial charge in [0.25, 0.3) is 0 Å². The lowest BCUT2D eigenvalue weighted by Gasteiger charge is -2.16. The highest BCUT2D eigenvalue weighted by atomic mass is 19.1. The van der Waals surface area contributed by atoms with Crippen molar-refractivity contribution >= 4 is 11.6 Å². The van der Waals surface area contributed by atoms with Crippen LogP contribution in [-0.2, 0) is 10.2 Å². The molecule has 1 fully saturated rings. The van der Waals surface area contributed by atoms with Crippen molar-refractivity contribution in [3.63, 3.8) is 0 Å². The third-order valence-corrected chi connectivity index (χ3v) is 4.21. The maximum absolute atomic E-state index is 13.0. The number of carbonyl (C=O) groups excluding carboxylic acids is 1. The first kappa shape index (κ1) is 13.1. The maximum Gasteiger partial charge on any atom is 0.235 e. The quantitative estimate of drug-likeness (QED) is 0.946. The Balaban J connectivity index is 1.56. The molecule has 1 heterocycles. The molecule has 1 saturated carbocycles. The molecule has 4 rings (SSSR count). The van der Waals surface area contributed by atoms with Crippen molar-refractivity contribution in [2.75, 3.05) is 12.1 Å². The van der Waals surface area contributed by atoms with Crippen LogP contribution in [0.3, 0.4) is 0 Å². The van der Waals surface area contributed by atoms with E-state index in [0.29, 0.717) is 17.2 Å². The van der Waals surface area contributed by atoms with Gasteiger partial charge in [0, 0.05) is 11.8 Å². The van der Waals surface area contributed by atoms with Gasteiger partial charge in [-0.2, -0.15) is 0 Å². The minimum atomic E-state index is -0.538. The highest BCUT2D eigenvalue weighted by Crippen LogP contribution is 2.49. The molecule has 5 heteroatoms. The zero-order chi connectivity index (χ0) is 15.2. The number of amides is 1. The van der Waals surface area contributed by atoms with Gasteiger partial charge in [-0.3, -0.25) is 4.79 Å². The second kappa shape index (κ2) is 4.73. The molecule has 1 N–H and O–H groups in total. The molecule has 0 saturated heterocycles. The van der Waals surface area contributed by atoms with E-state index in [-0.39, 0.29) is 18.5 Å². The molecule has 0 radical (unpaired) electrons. The van der Waals surface area contributed by atoms with E-state index in [1.165, 1.54) is 12.1 Å². The van der Waals surface area contributed by atoms with Crippen LogP contribution in [0.4, 0.5) is 10.1 Å². The number of rotatable bonds is 3. The molecule has 1 aliphatic heterocycles. The van der Waals surface area contributed by atoms with Gasteiger partial charge in [-0.05, 0) is 42.7 Å². The van der Waals surface area contributed by atoms with Crippen LogP contribution in [0.5, 0.6) is 11.5 Å². The van der Waals surface area contributed by atoms with Gasteiger partial charge in [0.2, 0.25) is 12.7 Å². The van der Waals surface area contributed by atoms with Crippen LogP contribution in [0.1, 0.15) is 18.4 Å². The molecule has 0 aromatic heterocycles. The van der Waals surface area contributed by atoms with E-state index in [0.717, 1.165) is 18.4 Å². The highest BCUT2D eigenvalue weighted by Gasteiger charge is 2.51. The number of fused-ring (bicyclic) bond motifs is 1. The van der Waals surface area contributed by atoms with Crippen LogP contribution in [0.2, 0.25) is 0 Å². The second-order valence-electron chi connectivity index (χ2n) is 5.61. The predicted octanol–water partition coefficient (Wildman–Crippen LogP) is 3.22. The molecular formula is C17H14FNO3. The summed E-state index contributed by atoms with van der Waals surface area (Å²) in [6.45, 7) is 0.201. The number of hydrogen-bond donors (Lipinski definition) is 1. The fraction of sp³-hybridized carbons (Fsp3) is 0.235. The number of benzene rings is 2. The Labute approximate surface area is 126 Å². The average molecular weight is 299 g/mol. The van der Waals surface area contributed by atoms with Crippen LogP contribution < -0.4 is 14.8 Å². The van der Waals surface area contributed by atoms with Crippen LogP contribution in [0.25, 0.3) is 0 Å². The SMILES string of the molecule is O=C(Nc1ccc2c(c1)OCO2)C1(c2ccc(F)cc2)CC1. The van der Waals surface area contributed by atoms with Gasteiger partial charge in [0.15, 0.2) is 11.5 Å². The summed E-state index contributed by atoms with van der Waals surface area (Å²) >= 11 is 0. The first-order chi connectivity index (χ1) is 10.7. The van der Waals surface area contributed by atoms with Crippen LogP contribution in [0.15, 0.2) is 42.5 Å². The summed E-state index contributed by atoms with van der Waals surface area (Å²) in [6.07, 6.45) is 1.55. The predicted molar refractivity (Wildman–Crippen MR) is 78.5 cm³/mol. The monoisotopic (exact) mass is 299 g/mol. The number of halogens is 1. The molecule has 2 aromatic carbocycles. The zero-order valence-corrected chi connectivity index (χ0v) is 11.8. The summed E-state index contributed by atoms with van der Waals surface area (Å²) in [5, 5.41) is 2.92. The van der Waals surface area contributed by atoms with E-state index in [9.17, 15) is 9.18 Å². The Morgan fingerprint density at radius 3 is 2.50 bits per heavy atom. The second-order valence-corrected chi connectivity index (χ2v) is 5.61. The van der Waals surface area contributed by atoms with Gasteiger partial charge in [-0.25, -0.2) is 4.39 Å². The maximum atomic E-state index is 13.0. The minimum absolute atomic E-state index is 0.0713. The molecule has 0 unspecified atom stereocenters. The van der Waals surface area contributed by atoms with Gasteiger partial charge in [-0.15, -0.1) is 0 Å². The minimum Gasteiger partial charge on any atom is -0.454 e. The third-order valence-electron chi connectivity index (χ3n) is 4.21. The molecule has 1 amide bonds. The summed E-state index contributed by atoms with van der Waals surface area (Å²) in [6, 6.07) is 11.5. The van der Waals surface area contributed by atoms with E-state index in [1.807, 2.05) is 0 Å². The van der Waals surface area contributed by atoms with Crippen molar-refractivity contribution < 1.29 is 18.7 Å². The van der Waals surface area contributed by atoms with Crippen LogP contribution in [-0.4, -0.2) is 12.7 Å². The molecule has 2 aliphatic rings. The highest BCUT2D eigenvalue weighted by molar-refractivity contribution is 6.01. The van der Waals surface area contributed by atoms with Gasteiger partial charge in [0.1, 0.15) is 5.82 Å². The summed E-state index contributed by atoms with van der Waals surface area (Å²) in [7, 11) is 0. The van der Waals surface area contributed by atoms with Crippen molar-refractivity contribution in [2.24, 2.45) is 0 Å². The van der Waals surface area contributed by atoms with Crippen molar-refractivity contribution in [2.45, 2.75) is 18.3 Å². The molecule has 0 atom stereocenters. The Kier molecular flexibility index (Phi) is 2.82. The Bertz CT molecular complexity index is 738. The fourth-order valence-electron chi connectivity index (χ4n) is 2.77. The first-order valence-corrected chi connectivity index (χ1v) is 7.15. The zero-order valence-electron chi connectivity index (χ0n) is 11.8. The molecule has 4 nitrogen and oxygen atoms in total. The summed E-state index contributed by atoms with van der Waals surface area (Å²) in [5.41, 5.74) is 0.985. The first-order valence-electron chi connectivity index (χ1n) is 7.15. The molecule has 0 bridgehead atoms. The molecule has 112 valence electrons. The summed E-state index contributed by atoms with van der Waals surface area (Å²) < 4.78 is 23.6. The van der Waals surface area contributed by atoms with E-state index >= 15 is 0 Å². The lowest BCUT2D eigenvalue weighted by molar-refractivity contribution is -0.118. The van der Waals surface area contributed by atoms with E-state index < -0.39 is 5.41 Å². The molecule has 2 aromatic rings. The Morgan fingerprint density at radius 1 is 1.05 bits per heavy atom. The van der Waals surface area contributed by atoms with E-state index in [1.54, 1.807) is 30.3 Å². The van der Waals surface area contributed by atoms with Gasteiger partial charge in [0.05, 0.1) is 5.41 Å². The topological polar surface area (TPSA) is 47.6 Å². The molecular weight excluding hydrogens is 285 g/mol. The summed E-state index contributed by atoms with van der Waals surface area (Å²) in [5.74, 6) is 0.941. The molecule has 0 spiro atoms. The van der Waals surface area contributed by atoms with Gasteiger partial charge >= 0.3 is 0 Å². The fourth-order valence-corrected chi connectivity index (χ4v) is 2.77. The Morgan fingerprint density at radius 2 is 1.77 bits per heavy atom. The number of nitrogens with one attached hydrogen (secondary N) is 1. The van der Waals surface area contributed by atoms with E-state index in [2.05, 4.69) is 5.32 Å². The van der Waals surface area contributed by atoms with Gasteiger partial charge in [-0.1, -0.05) is 12.1 Å². The standard InChI is InChI=1S/C17H14FNO3/c18-12-3-1-11(2-4-12)17(7-8-17)16(20)19-13-5-6-14-15(9-13)22-10-21-14/h1-6,9H,7-8,10H2,(H,19,20). The van der Waals surface area contributed by atoms with Crippen LogP contribution in [0, 0.1) is 5.82 Å². The third kappa shape index (κ3) is 2.09. The smallest absolute Gasteiger partial charge is 0.235 e. The van der Waals surface area contributed by atoms with Crippen molar-refractivity contribution in [3.05, 3.63) is 53.8 Å². The largest absolute Gasteiger partial charge is 0.454 e. The normalized spacial score (nSPS) is 17.1. The van der Waals surface area contributed by atoms with Gasteiger partial charge < -0.3 is 14.8 Å². The lowest BCUT2D eigenvalue weighted by atomic mass is 9.95. The number of ether oxygens (including phenoxy) is 2. The number of hydrogen-bond acceptors (Lipinski definition) is 3. The Hall–Kier alpha value is -2.56. The van der Waals surface area contributed by atoms with Crippen molar-refractivity contribution in [1.82, 2.24) is 0 Å². The van der Waals surface area contributed by atoms with Crippen molar-refractivity contribution in [3.8, 4) is 11.5 Å². The average Bonchev–Trinajstić information content (AvgIpc) is 3.20.